The Kier molecular flexibility index (Phi) is 6.67. The Morgan fingerprint density at radius 3 is 2.50 bits per heavy atom. The third kappa shape index (κ3) is 5.07. The minimum absolute atomic E-state index is 0.385. The molecule has 2 nitrogen and oxygen atoms in total. The van der Waals surface area contributed by atoms with Crippen LogP contribution in [0.15, 0.2) is 77.3 Å². The van der Waals surface area contributed by atoms with E-state index in [1.54, 1.807) is 0 Å². The van der Waals surface area contributed by atoms with E-state index in [0.717, 1.165) is 21.3 Å². The zero-order valence-corrected chi connectivity index (χ0v) is 17.1. The number of nitrogens with one attached hydrogen (secondary N) is 1. The van der Waals surface area contributed by atoms with Gasteiger partial charge in [0.1, 0.15) is 17.3 Å². The molecule has 1 N–H and O–H groups in total. The molecule has 0 unspecified atom stereocenters. The van der Waals surface area contributed by atoms with Gasteiger partial charge >= 0.3 is 0 Å². The third-order valence-electron chi connectivity index (χ3n) is 3.82. The van der Waals surface area contributed by atoms with Crippen LogP contribution in [0.2, 0.25) is 5.02 Å². The molecule has 0 aromatic heterocycles. The van der Waals surface area contributed by atoms with E-state index in [0.29, 0.717) is 23.2 Å². The molecule has 5 heteroatoms. The molecule has 0 aliphatic carbocycles. The van der Waals surface area contributed by atoms with Crippen LogP contribution in [-0.4, -0.2) is 4.99 Å². The van der Waals surface area contributed by atoms with Gasteiger partial charge in [-0.05, 0) is 29.8 Å². The molecule has 0 aliphatic rings. The van der Waals surface area contributed by atoms with Crippen molar-refractivity contribution < 1.29 is 4.74 Å². The van der Waals surface area contributed by atoms with Gasteiger partial charge in [-0.1, -0.05) is 88.3 Å². The molecule has 3 aromatic rings. The number of ether oxygens (including phenoxy) is 1. The summed E-state index contributed by atoms with van der Waals surface area (Å²) in [6.07, 6.45) is 0. The van der Waals surface area contributed by atoms with Gasteiger partial charge in [0.2, 0.25) is 0 Å². The highest BCUT2D eigenvalue weighted by Crippen LogP contribution is 2.26. The first-order valence-corrected chi connectivity index (χ1v) is 9.69. The molecule has 0 atom stereocenters. The van der Waals surface area contributed by atoms with Crippen molar-refractivity contribution in [2.75, 3.05) is 0 Å². The molecule has 0 heterocycles. The van der Waals surface area contributed by atoms with Crippen LogP contribution in [-0.2, 0) is 13.2 Å². The van der Waals surface area contributed by atoms with Crippen molar-refractivity contribution in [1.29, 1.82) is 0 Å². The van der Waals surface area contributed by atoms with Crippen LogP contribution in [0, 0.1) is 0 Å². The SMILES string of the molecule is S=C(NCc1ccccc1)c1cc(Br)ccc1OCc1ccccc1Cl. The summed E-state index contributed by atoms with van der Waals surface area (Å²) in [6, 6.07) is 23.6. The molecule has 26 heavy (non-hydrogen) atoms. The Balaban J connectivity index is 1.73. The van der Waals surface area contributed by atoms with Crippen molar-refractivity contribution in [3.05, 3.63) is 99.0 Å². The standard InChI is InChI=1S/C21H17BrClNOS/c22-17-10-11-20(25-14-16-8-4-5-9-19(16)23)18(12-17)21(26)24-13-15-6-2-1-3-7-15/h1-12H,13-14H2,(H,24,26). The maximum absolute atomic E-state index is 6.21. The normalized spacial score (nSPS) is 10.4. The molecule has 0 amide bonds. The Hall–Kier alpha value is -1.88. The smallest absolute Gasteiger partial charge is 0.130 e. The van der Waals surface area contributed by atoms with Gasteiger partial charge in [-0.25, -0.2) is 0 Å². The Bertz CT molecular complexity index is 902. The maximum atomic E-state index is 6.21. The van der Waals surface area contributed by atoms with Crippen LogP contribution < -0.4 is 10.1 Å². The van der Waals surface area contributed by atoms with Crippen molar-refractivity contribution in [3.8, 4) is 5.75 Å². The summed E-state index contributed by atoms with van der Waals surface area (Å²) < 4.78 is 6.95. The largest absolute Gasteiger partial charge is 0.488 e. The number of thiocarbonyl (C=S) groups is 1. The van der Waals surface area contributed by atoms with Crippen LogP contribution in [0.25, 0.3) is 0 Å². The minimum Gasteiger partial charge on any atom is -0.488 e. The van der Waals surface area contributed by atoms with Gasteiger partial charge < -0.3 is 10.1 Å². The molecule has 0 radical (unpaired) electrons. The summed E-state index contributed by atoms with van der Waals surface area (Å²) in [7, 11) is 0. The Morgan fingerprint density at radius 1 is 1.00 bits per heavy atom. The molecule has 0 bridgehead atoms. The van der Waals surface area contributed by atoms with Crippen molar-refractivity contribution >= 4 is 44.7 Å². The monoisotopic (exact) mass is 445 g/mol. The van der Waals surface area contributed by atoms with Crippen LogP contribution in [0.5, 0.6) is 5.75 Å². The molecular formula is C21H17BrClNOS. The second kappa shape index (κ2) is 9.17. The Morgan fingerprint density at radius 2 is 1.73 bits per heavy atom. The van der Waals surface area contributed by atoms with Gasteiger partial charge in [-0.2, -0.15) is 0 Å². The van der Waals surface area contributed by atoms with Gasteiger partial charge in [-0.3, -0.25) is 0 Å². The summed E-state index contributed by atoms with van der Waals surface area (Å²) in [5, 5.41) is 3.99. The molecule has 0 saturated heterocycles. The number of hydrogen-bond donors (Lipinski definition) is 1. The average Bonchev–Trinajstić information content (AvgIpc) is 2.67. The van der Waals surface area contributed by atoms with Gasteiger partial charge in [0.15, 0.2) is 0 Å². The number of halogens is 2. The van der Waals surface area contributed by atoms with Crippen LogP contribution >= 0.6 is 39.7 Å². The zero-order valence-electron chi connectivity index (χ0n) is 13.9. The number of hydrogen-bond acceptors (Lipinski definition) is 2. The topological polar surface area (TPSA) is 21.3 Å². The second-order valence-electron chi connectivity index (χ2n) is 5.69. The van der Waals surface area contributed by atoms with E-state index in [1.807, 2.05) is 60.7 Å². The molecule has 3 rings (SSSR count). The highest BCUT2D eigenvalue weighted by molar-refractivity contribution is 9.10. The van der Waals surface area contributed by atoms with E-state index in [9.17, 15) is 0 Å². The minimum atomic E-state index is 0.385. The molecular weight excluding hydrogens is 430 g/mol. The summed E-state index contributed by atoms with van der Waals surface area (Å²) >= 11 is 15.3. The van der Waals surface area contributed by atoms with Gasteiger partial charge in [0, 0.05) is 21.6 Å². The fourth-order valence-electron chi connectivity index (χ4n) is 2.45. The van der Waals surface area contributed by atoms with Crippen molar-refractivity contribution in [2.45, 2.75) is 13.2 Å². The number of benzene rings is 3. The first-order chi connectivity index (χ1) is 12.6. The fourth-order valence-corrected chi connectivity index (χ4v) is 3.23. The predicted octanol–water partition coefficient (Wildman–Crippen LogP) is 6.15. The van der Waals surface area contributed by atoms with E-state index in [1.165, 1.54) is 5.56 Å². The third-order valence-corrected chi connectivity index (χ3v) is 5.05. The summed E-state index contributed by atoms with van der Waals surface area (Å²) in [4.78, 5) is 0.643. The van der Waals surface area contributed by atoms with Crippen molar-refractivity contribution in [3.63, 3.8) is 0 Å². The lowest BCUT2D eigenvalue weighted by Crippen LogP contribution is -2.22. The predicted molar refractivity (Wildman–Crippen MR) is 115 cm³/mol. The molecule has 0 spiro atoms. The lowest BCUT2D eigenvalue weighted by molar-refractivity contribution is 0.305. The molecule has 0 aliphatic heterocycles. The van der Waals surface area contributed by atoms with Gasteiger partial charge in [-0.15, -0.1) is 0 Å². The van der Waals surface area contributed by atoms with Gasteiger partial charge in [0.05, 0.1) is 5.56 Å². The highest BCUT2D eigenvalue weighted by Gasteiger charge is 2.11. The highest BCUT2D eigenvalue weighted by atomic mass is 79.9. The van der Waals surface area contributed by atoms with E-state index in [4.69, 9.17) is 28.6 Å². The van der Waals surface area contributed by atoms with Crippen LogP contribution in [0.3, 0.4) is 0 Å². The lowest BCUT2D eigenvalue weighted by Gasteiger charge is -2.15. The molecule has 0 fully saturated rings. The average molecular weight is 447 g/mol. The number of rotatable bonds is 6. The molecule has 132 valence electrons. The van der Waals surface area contributed by atoms with E-state index in [-0.39, 0.29) is 0 Å². The summed E-state index contributed by atoms with van der Waals surface area (Å²) in [6.45, 7) is 1.05. The second-order valence-corrected chi connectivity index (χ2v) is 7.42. The van der Waals surface area contributed by atoms with E-state index < -0.39 is 0 Å². The van der Waals surface area contributed by atoms with E-state index in [2.05, 4.69) is 33.4 Å². The first kappa shape index (κ1) is 18.9. The van der Waals surface area contributed by atoms with E-state index >= 15 is 0 Å². The van der Waals surface area contributed by atoms with Crippen molar-refractivity contribution in [1.82, 2.24) is 5.32 Å². The van der Waals surface area contributed by atoms with Gasteiger partial charge in [0.25, 0.3) is 0 Å². The molecule has 0 saturated carbocycles. The van der Waals surface area contributed by atoms with Crippen LogP contribution in [0.4, 0.5) is 0 Å². The summed E-state index contributed by atoms with van der Waals surface area (Å²) in [5.41, 5.74) is 2.95. The quantitative estimate of drug-likeness (QED) is 0.459. The molecule has 3 aromatic carbocycles. The summed E-state index contributed by atoms with van der Waals surface area (Å²) in [5.74, 6) is 0.721. The zero-order chi connectivity index (χ0) is 18.4. The Labute approximate surface area is 172 Å². The fraction of sp³-hybridized carbons (Fsp3) is 0.0952. The lowest BCUT2D eigenvalue weighted by atomic mass is 10.1. The first-order valence-electron chi connectivity index (χ1n) is 8.11. The van der Waals surface area contributed by atoms with Crippen LogP contribution in [0.1, 0.15) is 16.7 Å². The van der Waals surface area contributed by atoms with Crippen molar-refractivity contribution in [2.24, 2.45) is 0 Å². The maximum Gasteiger partial charge on any atom is 0.130 e.